The highest BCUT2D eigenvalue weighted by Gasteiger charge is 2.29. The number of halogens is 2. The van der Waals surface area contributed by atoms with Crippen LogP contribution in [0, 0.1) is 24.5 Å². The second kappa shape index (κ2) is 9.32. The first kappa shape index (κ1) is 22.3. The molecule has 4 rings (SSSR count). The Morgan fingerprint density at radius 2 is 1.85 bits per heavy atom. The fraction of sp³-hybridized carbons (Fsp3) is 0.250. The predicted octanol–water partition coefficient (Wildman–Crippen LogP) is 3.51. The molecular formula is C24H22F2N4O3. The summed E-state index contributed by atoms with van der Waals surface area (Å²) >= 11 is 0. The van der Waals surface area contributed by atoms with Crippen molar-refractivity contribution in [2.45, 2.75) is 19.8 Å². The number of rotatable bonds is 4. The Morgan fingerprint density at radius 1 is 1.09 bits per heavy atom. The van der Waals surface area contributed by atoms with Gasteiger partial charge in [-0.1, -0.05) is 12.1 Å². The van der Waals surface area contributed by atoms with Crippen molar-refractivity contribution in [1.82, 2.24) is 14.9 Å². The Kier molecular flexibility index (Phi) is 6.30. The van der Waals surface area contributed by atoms with E-state index in [1.54, 1.807) is 31.2 Å². The van der Waals surface area contributed by atoms with E-state index in [9.17, 15) is 23.2 Å². The predicted molar refractivity (Wildman–Crippen MR) is 119 cm³/mol. The van der Waals surface area contributed by atoms with Gasteiger partial charge < -0.3 is 15.2 Å². The van der Waals surface area contributed by atoms with Gasteiger partial charge >= 0.3 is 0 Å². The smallest absolute Gasteiger partial charge is 0.256 e. The number of aryl methyl sites for hydroxylation is 1. The van der Waals surface area contributed by atoms with E-state index in [0.29, 0.717) is 54.8 Å². The second-order valence-corrected chi connectivity index (χ2v) is 8.00. The van der Waals surface area contributed by atoms with Crippen LogP contribution in [0.5, 0.6) is 0 Å². The lowest BCUT2D eigenvalue weighted by Gasteiger charge is -2.31. The van der Waals surface area contributed by atoms with Crippen LogP contribution >= 0.6 is 0 Å². The molecule has 1 fully saturated rings. The van der Waals surface area contributed by atoms with Crippen molar-refractivity contribution in [3.8, 4) is 11.4 Å². The van der Waals surface area contributed by atoms with E-state index in [1.165, 1.54) is 11.0 Å². The molecule has 33 heavy (non-hydrogen) atoms. The molecule has 1 aromatic heterocycles. The van der Waals surface area contributed by atoms with Crippen molar-refractivity contribution in [2.24, 2.45) is 5.92 Å². The molecule has 3 aromatic rings. The lowest BCUT2D eigenvalue weighted by atomic mass is 9.95. The topological polar surface area (TPSA) is 95.2 Å². The molecule has 170 valence electrons. The number of anilines is 1. The molecule has 2 N–H and O–H groups in total. The minimum Gasteiger partial charge on any atom is -0.339 e. The van der Waals surface area contributed by atoms with E-state index < -0.39 is 17.5 Å². The molecule has 1 saturated heterocycles. The number of carbonyl (C=O) groups excluding carboxylic acids is 2. The first-order chi connectivity index (χ1) is 15.8. The minimum absolute atomic E-state index is 0.182. The van der Waals surface area contributed by atoms with Crippen molar-refractivity contribution in [3.63, 3.8) is 0 Å². The van der Waals surface area contributed by atoms with Gasteiger partial charge in [-0.25, -0.2) is 13.8 Å². The maximum Gasteiger partial charge on any atom is 0.256 e. The van der Waals surface area contributed by atoms with Crippen LogP contribution in [-0.4, -0.2) is 39.8 Å². The van der Waals surface area contributed by atoms with E-state index in [0.717, 1.165) is 12.1 Å². The van der Waals surface area contributed by atoms with Gasteiger partial charge in [-0.05, 0) is 44.0 Å². The van der Waals surface area contributed by atoms with Crippen molar-refractivity contribution in [2.75, 3.05) is 18.4 Å². The molecule has 9 heteroatoms. The van der Waals surface area contributed by atoms with Gasteiger partial charge in [0, 0.05) is 48.1 Å². The van der Waals surface area contributed by atoms with Crippen LogP contribution in [0.25, 0.3) is 11.4 Å². The average Bonchev–Trinajstić information content (AvgIpc) is 2.78. The number of aromatic nitrogens is 2. The molecule has 0 saturated carbocycles. The van der Waals surface area contributed by atoms with Gasteiger partial charge in [0.1, 0.15) is 17.5 Å². The van der Waals surface area contributed by atoms with Crippen LogP contribution in [0.3, 0.4) is 0 Å². The van der Waals surface area contributed by atoms with Crippen LogP contribution in [0.1, 0.15) is 28.9 Å². The molecule has 0 radical (unpaired) electrons. The zero-order valence-corrected chi connectivity index (χ0v) is 17.9. The van der Waals surface area contributed by atoms with Gasteiger partial charge in [-0.15, -0.1) is 0 Å². The molecule has 0 spiro atoms. The van der Waals surface area contributed by atoms with E-state index in [-0.39, 0.29) is 22.9 Å². The molecule has 7 nitrogen and oxygen atoms in total. The zero-order valence-electron chi connectivity index (χ0n) is 17.9. The Morgan fingerprint density at radius 3 is 2.55 bits per heavy atom. The Bertz CT molecular complexity index is 1270. The van der Waals surface area contributed by atoms with E-state index in [1.807, 2.05) is 0 Å². The quantitative estimate of drug-likeness (QED) is 0.633. The summed E-state index contributed by atoms with van der Waals surface area (Å²) in [6, 6.07) is 11.3. The van der Waals surface area contributed by atoms with Gasteiger partial charge in [0.2, 0.25) is 5.91 Å². The molecule has 1 aliphatic heterocycles. The van der Waals surface area contributed by atoms with Gasteiger partial charge in [0.25, 0.3) is 11.5 Å². The minimum atomic E-state index is -0.899. The van der Waals surface area contributed by atoms with Gasteiger partial charge in [-0.2, -0.15) is 0 Å². The number of amides is 2. The normalized spacial score (nSPS) is 14.2. The number of benzene rings is 2. The highest BCUT2D eigenvalue weighted by molar-refractivity contribution is 5.95. The molecule has 2 aromatic carbocycles. The molecule has 0 atom stereocenters. The lowest BCUT2D eigenvalue weighted by Crippen LogP contribution is -2.41. The van der Waals surface area contributed by atoms with Crippen molar-refractivity contribution >= 4 is 17.5 Å². The molecule has 2 amide bonds. The summed E-state index contributed by atoms with van der Waals surface area (Å²) in [7, 11) is 0. The number of aromatic amines is 1. The third-order valence-corrected chi connectivity index (χ3v) is 5.59. The van der Waals surface area contributed by atoms with Gasteiger partial charge in [0.05, 0.1) is 5.56 Å². The Hall–Kier alpha value is -3.88. The summed E-state index contributed by atoms with van der Waals surface area (Å²) in [6.07, 6.45) is 0.847. The number of H-pyrrole nitrogens is 1. The fourth-order valence-electron chi connectivity index (χ4n) is 3.88. The first-order valence-corrected chi connectivity index (χ1v) is 10.5. The molecule has 2 heterocycles. The van der Waals surface area contributed by atoms with Crippen LogP contribution in [-0.2, 0) is 4.79 Å². The van der Waals surface area contributed by atoms with Gasteiger partial charge in [0.15, 0.2) is 0 Å². The highest BCUT2D eigenvalue weighted by atomic mass is 19.1. The molecule has 0 bridgehead atoms. The highest BCUT2D eigenvalue weighted by Crippen LogP contribution is 2.24. The number of nitrogens with one attached hydrogen (secondary N) is 2. The monoisotopic (exact) mass is 452 g/mol. The maximum atomic E-state index is 13.9. The molecular weight excluding hydrogens is 430 g/mol. The van der Waals surface area contributed by atoms with Crippen molar-refractivity contribution in [3.05, 3.63) is 81.8 Å². The number of likely N-dealkylation sites (tertiary alicyclic amines) is 1. The summed E-state index contributed by atoms with van der Waals surface area (Å²) in [4.78, 5) is 45.5. The number of carbonyl (C=O) groups is 2. The van der Waals surface area contributed by atoms with Crippen LogP contribution < -0.4 is 10.9 Å². The first-order valence-electron chi connectivity index (χ1n) is 10.5. The molecule has 0 unspecified atom stereocenters. The third kappa shape index (κ3) is 5.14. The second-order valence-electron chi connectivity index (χ2n) is 8.00. The fourth-order valence-corrected chi connectivity index (χ4v) is 3.88. The summed E-state index contributed by atoms with van der Waals surface area (Å²) in [6.45, 7) is 2.32. The van der Waals surface area contributed by atoms with Crippen LogP contribution in [0.4, 0.5) is 14.5 Å². The number of piperidine rings is 1. The maximum absolute atomic E-state index is 13.9. The Balaban J connectivity index is 1.38. The average molecular weight is 452 g/mol. The third-order valence-electron chi connectivity index (χ3n) is 5.59. The zero-order chi connectivity index (χ0) is 23.5. The SMILES string of the molecule is Cc1cc(=O)[nH]c(-c2cccc(NC(=O)C3CCN(C(=O)c4ccc(F)cc4F)CC3)c2)n1. The number of hydrogen-bond acceptors (Lipinski definition) is 4. The van der Waals surface area contributed by atoms with Crippen molar-refractivity contribution < 1.29 is 18.4 Å². The van der Waals surface area contributed by atoms with Crippen LogP contribution in [0.2, 0.25) is 0 Å². The van der Waals surface area contributed by atoms with Crippen LogP contribution in [0.15, 0.2) is 53.3 Å². The lowest BCUT2D eigenvalue weighted by molar-refractivity contribution is -0.121. The standard InChI is InChI=1S/C24H22F2N4O3/c1-14-11-21(31)29-22(27-14)16-3-2-4-18(12-16)28-23(32)15-7-9-30(10-8-15)24(33)19-6-5-17(25)13-20(19)26/h2-6,11-13,15H,7-10H2,1H3,(H,28,32)(H,27,29,31). The summed E-state index contributed by atoms with van der Waals surface area (Å²) in [5.74, 6) is -2.24. The van der Waals surface area contributed by atoms with E-state index >= 15 is 0 Å². The summed E-state index contributed by atoms with van der Waals surface area (Å²) < 4.78 is 27.0. The Labute approximate surface area is 188 Å². The van der Waals surface area contributed by atoms with E-state index in [2.05, 4.69) is 15.3 Å². The molecule has 0 aliphatic carbocycles. The van der Waals surface area contributed by atoms with Crippen molar-refractivity contribution in [1.29, 1.82) is 0 Å². The van der Waals surface area contributed by atoms with Gasteiger partial charge in [-0.3, -0.25) is 14.4 Å². The van der Waals surface area contributed by atoms with E-state index in [4.69, 9.17) is 0 Å². The molecule has 1 aliphatic rings. The largest absolute Gasteiger partial charge is 0.339 e. The number of hydrogen-bond donors (Lipinski definition) is 2. The summed E-state index contributed by atoms with van der Waals surface area (Å²) in [5.41, 5.74) is 1.38. The summed E-state index contributed by atoms with van der Waals surface area (Å²) in [5, 5.41) is 2.88. The number of nitrogens with zero attached hydrogens (tertiary/aromatic N) is 2.